The van der Waals surface area contributed by atoms with Crippen molar-refractivity contribution in [2.24, 2.45) is 11.0 Å². The molecule has 134 valence electrons. The Balaban J connectivity index is 2.28. The number of hydrogen-bond acceptors (Lipinski definition) is 6. The van der Waals surface area contributed by atoms with Gasteiger partial charge in [-0.1, -0.05) is 11.6 Å². The smallest absolute Gasteiger partial charge is 0.310 e. The van der Waals surface area contributed by atoms with E-state index in [2.05, 4.69) is 10.5 Å². The molecule has 2 atom stereocenters. The minimum absolute atomic E-state index is 0.0480. The van der Waals surface area contributed by atoms with E-state index in [1.807, 2.05) is 19.9 Å². The van der Waals surface area contributed by atoms with E-state index in [0.29, 0.717) is 17.8 Å². The van der Waals surface area contributed by atoms with Crippen LogP contribution >= 0.6 is 0 Å². The lowest BCUT2D eigenvalue weighted by molar-refractivity contribution is -0.147. The molecule has 1 aromatic rings. The molecule has 0 aliphatic carbocycles. The molecule has 0 saturated carbocycles. The number of esters is 1. The van der Waals surface area contributed by atoms with E-state index in [9.17, 15) is 9.59 Å². The van der Waals surface area contributed by atoms with Crippen LogP contribution in [0.25, 0.3) is 0 Å². The van der Waals surface area contributed by atoms with E-state index in [1.54, 1.807) is 17.0 Å². The maximum atomic E-state index is 13.1. The highest BCUT2D eigenvalue weighted by Gasteiger charge is 2.34. The number of nitrogens with zero attached hydrogens (tertiary/aromatic N) is 2. The van der Waals surface area contributed by atoms with Gasteiger partial charge < -0.3 is 15.0 Å². The topological polar surface area (TPSA) is 94.8 Å². The van der Waals surface area contributed by atoms with Crippen LogP contribution in [0.2, 0.25) is 0 Å². The normalized spacial score (nSPS) is 20.4. The second-order valence-electron chi connectivity index (χ2n) is 6.21. The SMILES string of the molecule is COC(=O)C1CC[C@@H](C)N(C(=O)c2cc(C)ccc2N/N=C\C=N)C1. The first-order valence-corrected chi connectivity index (χ1v) is 8.25. The summed E-state index contributed by atoms with van der Waals surface area (Å²) >= 11 is 0. The van der Waals surface area contributed by atoms with Crippen molar-refractivity contribution < 1.29 is 14.3 Å². The zero-order valence-electron chi connectivity index (χ0n) is 14.8. The summed E-state index contributed by atoms with van der Waals surface area (Å²) in [5, 5.41) is 10.9. The second kappa shape index (κ2) is 8.41. The molecule has 1 amide bonds. The summed E-state index contributed by atoms with van der Waals surface area (Å²) in [4.78, 5) is 26.7. The van der Waals surface area contributed by atoms with Gasteiger partial charge in [-0.25, -0.2) is 0 Å². The first kappa shape index (κ1) is 18.6. The summed E-state index contributed by atoms with van der Waals surface area (Å²) in [6.07, 6.45) is 3.83. The second-order valence-corrected chi connectivity index (χ2v) is 6.21. The lowest BCUT2D eigenvalue weighted by atomic mass is 9.92. The molecule has 7 nitrogen and oxygen atoms in total. The number of nitrogens with one attached hydrogen (secondary N) is 2. The molecule has 0 spiro atoms. The molecule has 1 saturated heterocycles. The third kappa shape index (κ3) is 4.43. The van der Waals surface area contributed by atoms with Gasteiger partial charge in [-0.05, 0) is 38.8 Å². The average molecular weight is 344 g/mol. The number of methoxy groups -OCH3 is 1. The molecule has 0 aromatic heterocycles. The number of rotatable bonds is 5. The molecular formula is C18H24N4O3. The Hall–Kier alpha value is -2.70. The average Bonchev–Trinajstić information content (AvgIpc) is 2.62. The molecule has 1 aromatic carbocycles. The number of amides is 1. The number of carbonyl (C=O) groups excluding carboxylic acids is 2. The minimum atomic E-state index is -0.290. The number of hydrogen-bond donors (Lipinski definition) is 2. The van der Waals surface area contributed by atoms with Gasteiger partial charge in [0.1, 0.15) is 0 Å². The van der Waals surface area contributed by atoms with E-state index in [0.717, 1.165) is 24.6 Å². The van der Waals surface area contributed by atoms with Crippen molar-refractivity contribution in [3.8, 4) is 0 Å². The van der Waals surface area contributed by atoms with Crippen molar-refractivity contribution >= 4 is 30.0 Å². The molecule has 1 fully saturated rings. The molecular weight excluding hydrogens is 320 g/mol. The Kier molecular flexibility index (Phi) is 6.27. The van der Waals surface area contributed by atoms with Crippen LogP contribution in [0.5, 0.6) is 0 Å². The Bertz CT molecular complexity index is 687. The van der Waals surface area contributed by atoms with E-state index in [-0.39, 0.29) is 23.8 Å². The maximum absolute atomic E-state index is 13.1. The van der Waals surface area contributed by atoms with Gasteiger partial charge >= 0.3 is 5.97 Å². The summed E-state index contributed by atoms with van der Waals surface area (Å²) in [6.45, 7) is 4.25. The highest BCUT2D eigenvalue weighted by atomic mass is 16.5. The van der Waals surface area contributed by atoms with E-state index in [4.69, 9.17) is 10.1 Å². The third-order valence-electron chi connectivity index (χ3n) is 4.42. The monoisotopic (exact) mass is 344 g/mol. The first-order chi connectivity index (χ1) is 12.0. The quantitative estimate of drug-likeness (QED) is 0.487. The maximum Gasteiger partial charge on any atom is 0.310 e. The number of carbonyl (C=O) groups is 2. The van der Waals surface area contributed by atoms with Gasteiger partial charge in [-0.15, -0.1) is 0 Å². The molecule has 1 aliphatic heterocycles. The number of benzene rings is 1. The highest BCUT2D eigenvalue weighted by Crippen LogP contribution is 2.27. The lowest BCUT2D eigenvalue weighted by Crippen LogP contribution is -2.47. The molecule has 2 N–H and O–H groups in total. The Morgan fingerprint density at radius 2 is 2.16 bits per heavy atom. The molecule has 25 heavy (non-hydrogen) atoms. The molecule has 1 aliphatic rings. The van der Waals surface area contributed by atoms with Crippen molar-refractivity contribution in [3.63, 3.8) is 0 Å². The van der Waals surface area contributed by atoms with Crippen molar-refractivity contribution in [2.45, 2.75) is 32.7 Å². The highest BCUT2D eigenvalue weighted by molar-refractivity contribution is 6.14. The van der Waals surface area contributed by atoms with Gasteiger partial charge in [0.15, 0.2) is 0 Å². The van der Waals surface area contributed by atoms with Crippen LogP contribution in [0.4, 0.5) is 5.69 Å². The summed E-state index contributed by atoms with van der Waals surface area (Å²) in [5.74, 6) is -0.706. The van der Waals surface area contributed by atoms with Crippen LogP contribution in [-0.2, 0) is 9.53 Å². The Morgan fingerprint density at radius 1 is 1.40 bits per heavy atom. The molecule has 1 unspecified atom stereocenters. The van der Waals surface area contributed by atoms with Crippen LogP contribution in [0.1, 0.15) is 35.7 Å². The van der Waals surface area contributed by atoms with Crippen molar-refractivity contribution in [2.75, 3.05) is 19.1 Å². The fraction of sp³-hybridized carbons (Fsp3) is 0.444. The predicted octanol–water partition coefficient (Wildman–Crippen LogP) is 2.46. The summed E-state index contributed by atoms with van der Waals surface area (Å²) < 4.78 is 4.84. The van der Waals surface area contributed by atoms with Gasteiger partial charge in [-0.3, -0.25) is 15.0 Å². The first-order valence-electron chi connectivity index (χ1n) is 8.25. The van der Waals surface area contributed by atoms with Gasteiger partial charge in [0.05, 0.1) is 30.5 Å². The largest absolute Gasteiger partial charge is 0.469 e. The lowest BCUT2D eigenvalue weighted by Gasteiger charge is -2.37. The van der Waals surface area contributed by atoms with E-state index in [1.165, 1.54) is 13.3 Å². The van der Waals surface area contributed by atoms with Crippen LogP contribution in [0.3, 0.4) is 0 Å². The van der Waals surface area contributed by atoms with E-state index < -0.39 is 0 Å². The summed E-state index contributed by atoms with van der Waals surface area (Å²) in [5.41, 5.74) is 4.83. The summed E-state index contributed by atoms with van der Waals surface area (Å²) in [6, 6.07) is 5.53. The van der Waals surface area contributed by atoms with Gasteiger partial charge in [0, 0.05) is 18.8 Å². The van der Waals surface area contributed by atoms with Crippen LogP contribution in [0, 0.1) is 18.3 Å². The Labute approximate surface area is 147 Å². The number of likely N-dealkylation sites (tertiary alicyclic amines) is 1. The third-order valence-corrected chi connectivity index (χ3v) is 4.42. The predicted molar refractivity (Wildman–Crippen MR) is 97.3 cm³/mol. The number of anilines is 1. The van der Waals surface area contributed by atoms with Gasteiger partial charge in [0.25, 0.3) is 5.91 Å². The molecule has 7 heteroatoms. The van der Waals surface area contributed by atoms with Gasteiger partial charge in [0.2, 0.25) is 0 Å². The fourth-order valence-corrected chi connectivity index (χ4v) is 2.98. The van der Waals surface area contributed by atoms with Crippen LogP contribution in [-0.4, -0.2) is 48.9 Å². The van der Waals surface area contributed by atoms with Crippen LogP contribution in [0.15, 0.2) is 23.3 Å². The fourth-order valence-electron chi connectivity index (χ4n) is 2.98. The summed E-state index contributed by atoms with van der Waals surface area (Å²) in [7, 11) is 1.37. The Morgan fingerprint density at radius 3 is 2.84 bits per heavy atom. The number of aryl methyl sites for hydroxylation is 1. The standard InChI is InChI=1S/C18H24N4O3/c1-12-4-7-16(21-20-9-8-19)15(10-12)17(23)22-11-14(18(24)25-3)6-5-13(22)2/h4,7-10,13-14,19,21H,5-6,11H2,1-3H3/b19-8?,20-9-/t13-,14?/m1/s1. The van der Waals surface area contributed by atoms with Crippen LogP contribution < -0.4 is 5.43 Å². The van der Waals surface area contributed by atoms with Gasteiger partial charge in [-0.2, -0.15) is 5.10 Å². The van der Waals surface area contributed by atoms with E-state index >= 15 is 0 Å². The molecule has 0 bridgehead atoms. The zero-order chi connectivity index (χ0) is 18.4. The molecule has 2 rings (SSSR count). The zero-order valence-corrected chi connectivity index (χ0v) is 14.8. The number of piperidine rings is 1. The molecule has 0 radical (unpaired) electrons. The molecule has 1 heterocycles. The van der Waals surface area contributed by atoms with Crippen molar-refractivity contribution in [3.05, 3.63) is 29.3 Å². The minimum Gasteiger partial charge on any atom is -0.469 e. The number of hydrazone groups is 1. The van der Waals surface area contributed by atoms with Crippen molar-refractivity contribution in [1.29, 1.82) is 5.41 Å². The number of ether oxygens (including phenoxy) is 1. The van der Waals surface area contributed by atoms with Crippen molar-refractivity contribution in [1.82, 2.24) is 4.90 Å².